The summed E-state index contributed by atoms with van der Waals surface area (Å²) >= 11 is 0. The number of hydrogen-bond donors (Lipinski definition) is 1. The van der Waals surface area contributed by atoms with Crippen molar-refractivity contribution in [3.8, 4) is 0 Å². The van der Waals surface area contributed by atoms with Gasteiger partial charge in [-0.1, -0.05) is 45.1 Å². The molecule has 0 amide bonds. The fraction of sp³-hybridized carbons (Fsp3) is 0.733. The molecule has 0 saturated heterocycles. The van der Waals surface area contributed by atoms with Gasteiger partial charge in [0.25, 0.3) is 0 Å². The first-order valence-electron chi connectivity index (χ1n) is 6.78. The van der Waals surface area contributed by atoms with Gasteiger partial charge in [0, 0.05) is 19.2 Å². The lowest BCUT2D eigenvalue weighted by molar-refractivity contribution is 0.283. The average Bonchev–Trinajstić information content (AvgIpc) is 2.22. The fourth-order valence-electron chi connectivity index (χ4n) is 1.29. The summed E-state index contributed by atoms with van der Waals surface area (Å²) in [5, 5.41) is 3.76. The summed E-state index contributed by atoms with van der Waals surface area (Å²) in [6, 6.07) is 0.381. The second kappa shape index (κ2) is 7.27. The predicted octanol–water partition coefficient (Wildman–Crippen LogP) is 4.12. The highest BCUT2D eigenvalue weighted by molar-refractivity contribution is 6.74. The molecule has 0 heterocycles. The molecule has 0 fully saturated rings. The summed E-state index contributed by atoms with van der Waals surface area (Å²) in [6.45, 7) is 21.1. The molecule has 0 aliphatic rings. The Morgan fingerprint density at radius 2 is 1.94 bits per heavy atom. The predicted molar refractivity (Wildman–Crippen MR) is 84.6 cm³/mol. The van der Waals surface area contributed by atoms with Crippen molar-refractivity contribution in [2.45, 2.75) is 58.8 Å². The summed E-state index contributed by atoms with van der Waals surface area (Å²) < 4.78 is 6.12. The lowest BCUT2D eigenvalue weighted by atomic mass is 10.1. The zero-order valence-corrected chi connectivity index (χ0v) is 14.3. The van der Waals surface area contributed by atoms with Crippen LogP contribution in [0.15, 0.2) is 24.3 Å². The summed E-state index contributed by atoms with van der Waals surface area (Å²) in [5.41, 5.74) is 1.30. The molecule has 0 aromatic carbocycles. The van der Waals surface area contributed by atoms with E-state index in [4.69, 9.17) is 4.43 Å². The van der Waals surface area contributed by atoms with Gasteiger partial charge < -0.3 is 9.74 Å². The van der Waals surface area contributed by atoms with Gasteiger partial charge in [-0.2, -0.15) is 0 Å². The highest BCUT2D eigenvalue weighted by Gasteiger charge is 2.36. The van der Waals surface area contributed by atoms with Gasteiger partial charge in [-0.3, -0.25) is 0 Å². The molecule has 0 bridgehead atoms. The molecule has 0 aliphatic carbocycles. The lowest BCUT2D eigenvalue weighted by Crippen LogP contribution is -2.43. The Kier molecular flexibility index (Phi) is 7.11. The molecule has 3 heteroatoms. The van der Waals surface area contributed by atoms with Crippen molar-refractivity contribution < 1.29 is 4.43 Å². The monoisotopic (exact) mass is 269 g/mol. The van der Waals surface area contributed by atoms with E-state index in [-0.39, 0.29) is 5.04 Å². The maximum atomic E-state index is 6.12. The van der Waals surface area contributed by atoms with Crippen molar-refractivity contribution >= 4 is 8.32 Å². The van der Waals surface area contributed by atoms with Crippen LogP contribution in [0, 0.1) is 0 Å². The summed E-state index contributed by atoms with van der Waals surface area (Å²) in [5.74, 6) is 0. The molecular weight excluding hydrogens is 238 g/mol. The minimum absolute atomic E-state index is 0.289. The number of rotatable bonds is 7. The lowest BCUT2D eigenvalue weighted by Gasteiger charge is -2.36. The van der Waals surface area contributed by atoms with E-state index in [9.17, 15) is 0 Å². The zero-order valence-electron chi connectivity index (χ0n) is 13.3. The first-order chi connectivity index (χ1) is 8.12. The molecule has 18 heavy (non-hydrogen) atoms. The molecule has 0 saturated carbocycles. The Bertz CT molecular complexity index is 289. The standard InChI is InChI=1S/C15H31NOSi/c1-9-10-13(2)14(3)16-11-12-17-18(7,8)15(4,5)6/h9-10,14,16H,1,11-12H2,2-8H3/b13-10+. The summed E-state index contributed by atoms with van der Waals surface area (Å²) in [7, 11) is -1.59. The minimum atomic E-state index is -1.59. The van der Waals surface area contributed by atoms with Crippen molar-refractivity contribution in [3.63, 3.8) is 0 Å². The highest BCUT2D eigenvalue weighted by Crippen LogP contribution is 2.36. The van der Waals surface area contributed by atoms with Gasteiger partial charge in [0.1, 0.15) is 0 Å². The van der Waals surface area contributed by atoms with E-state index in [1.165, 1.54) is 5.57 Å². The second-order valence-electron chi connectivity index (χ2n) is 6.43. The Morgan fingerprint density at radius 3 is 2.39 bits per heavy atom. The van der Waals surface area contributed by atoms with Gasteiger partial charge in [0.15, 0.2) is 8.32 Å². The zero-order chi connectivity index (χ0) is 14.4. The average molecular weight is 270 g/mol. The first kappa shape index (κ1) is 17.6. The normalized spacial score (nSPS) is 15.6. The van der Waals surface area contributed by atoms with E-state index < -0.39 is 8.32 Å². The molecule has 0 aromatic rings. The van der Waals surface area contributed by atoms with Crippen LogP contribution in [-0.2, 0) is 4.43 Å². The molecule has 106 valence electrons. The van der Waals surface area contributed by atoms with Crippen molar-refractivity contribution in [2.24, 2.45) is 0 Å². The second-order valence-corrected chi connectivity index (χ2v) is 11.2. The molecule has 1 unspecified atom stereocenters. The molecule has 0 radical (unpaired) electrons. The smallest absolute Gasteiger partial charge is 0.192 e. The van der Waals surface area contributed by atoms with E-state index in [1.54, 1.807) is 0 Å². The molecule has 0 aromatic heterocycles. The summed E-state index contributed by atoms with van der Waals surface area (Å²) in [6.07, 6.45) is 3.88. The van der Waals surface area contributed by atoms with Crippen LogP contribution in [0.2, 0.25) is 18.1 Å². The van der Waals surface area contributed by atoms with Crippen molar-refractivity contribution in [3.05, 3.63) is 24.3 Å². The molecular formula is C15H31NOSi. The number of nitrogens with one attached hydrogen (secondary N) is 1. The van der Waals surface area contributed by atoms with Gasteiger partial charge >= 0.3 is 0 Å². The van der Waals surface area contributed by atoms with Crippen LogP contribution in [0.3, 0.4) is 0 Å². The van der Waals surface area contributed by atoms with Crippen molar-refractivity contribution in [2.75, 3.05) is 13.2 Å². The SMILES string of the molecule is C=C/C=C(\C)C(C)NCCO[Si](C)(C)C(C)(C)C. The van der Waals surface area contributed by atoms with Crippen LogP contribution in [0.5, 0.6) is 0 Å². The van der Waals surface area contributed by atoms with Gasteiger partial charge in [-0.15, -0.1) is 0 Å². The quantitative estimate of drug-likeness (QED) is 0.426. The highest BCUT2D eigenvalue weighted by atomic mass is 28.4. The van der Waals surface area contributed by atoms with Gasteiger partial charge in [0.05, 0.1) is 0 Å². The van der Waals surface area contributed by atoms with Gasteiger partial charge in [-0.05, 0) is 32.0 Å². The maximum absolute atomic E-state index is 6.12. The van der Waals surface area contributed by atoms with E-state index in [1.807, 2.05) is 12.2 Å². The van der Waals surface area contributed by atoms with E-state index in [0.29, 0.717) is 6.04 Å². The Labute approximate surface area is 115 Å². The maximum Gasteiger partial charge on any atom is 0.192 e. The molecule has 1 N–H and O–H groups in total. The van der Waals surface area contributed by atoms with Crippen LogP contribution in [-0.4, -0.2) is 27.5 Å². The Balaban J connectivity index is 4.01. The van der Waals surface area contributed by atoms with Crippen LogP contribution in [0.1, 0.15) is 34.6 Å². The van der Waals surface area contributed by atoms with Crippen LogP contribution >= 0.6 is 0 Å². The molecule has 1 atom stereocenters. The van der Waals surface area contributed by atoms with Crippen molar-refractivity contribution in [1.82, 2.24) is 5.32 Å². The number of allylic oxidation sites excluding steroid dienone is 2. The Morgan fingerprint density at radius 1 is 1.39 bits per heavy atom. The molecule has 2 nitrogen and oxygen atoms in total. The van der Waals surface area contributed by atoms with Crippen LogP contribution in [0.4, 0.5) is 0 Å². The third kappa shape index (κ3) is 5.98. The summed E-state index contributed by atoms with van der Waals surface area (Å²) in [4.78, 5) is 0. The van der Waals surface area contributed by atoms with Gasteiger partial charge in [-0.25, -0.2) is 0 Å². The molecule has 0 rings (SSSR count). The minimum Gasteiger partial charge on any atom is -0.416 e. The van der Waals surface area contributed by atoms with Crippen molar-refractivity contribution in [1.29, 1.82) is 0 Å². The Hall–Kier alpha value is -0.383. The van der Waals surface area contributed by atoms with E-state index >= 15 is 0 Å². The number of hydrogen-bond acceptors (Lipinski definition) is 2. The van der Waals surface area contributed by atoms with Crippen LogP contribution < -0.4 is 5.32 Å². The van der Waals surface area contributed by atoms with Crippen LogP contribution in [0.25, 0.3) is 0 Å². The third-order valence-corrected chi connectivity index (χ3v) is 8.42. The van der Waals surface area contributed by atoms with E-state index in [0.717, 1.165) is 13.2 Å². The first-order valence-corrected chi connectivity index (χ1v) is 9.69. The largest absolute Gasteiger partial charge is 0.416 e. The van der Waals surface area contributed by atoms with E-state index in [2.05, 4.69) is 59.6 Å². The molecule has 0 spiro atoms. The molecule has 0 aliphatic heterocycles. The fourth-order valence-corrected chi connectivity index (χ4v) is 2.33. The third-order valence-electron chi connectivity index (χ3n) is 3.89. The van der Waals surface area contributed by atoms with Gasteiger partial charge in [0.2, 0.25) is 0 Å². The topological polar surface area (TPSA) is 21.3 Å².